The van der Waals surface area contributed by atoms with Crippen molar-refractivity contribution in [2.75, 3.05) is 7.11 Å². The van der Waals surface area contributed by atoms with Gasteiger partial charge in [0.15, 0.2) is 0 Å². The van der Waals surface area contributed by atoms with Crippen LogP contribution in [0.4, 0.5) is 0 Å². The van der Waals surface area contributed by atoms with E-state index in [2.05, 4.69) is 15.1 Å². The predicted molar refractivity (Wildman–Crippen MR) is 94.1 cm³/mol. The standard InChI is InChI=1S/C18H16N4O3/c1-9-4-15(22(2)21-9)14-7-13-12(8-19-14)11-5-10(18(23)24)6-16(25-3)17(11)20-13/h4-8,20H,1-3H3,(H,23,24). The van der Waals surface area contributed by atoms with Crippen molar-refractivity contribution in [2.24, 2.45) is 7.05 Å². The van der Waals surface area contributed by atoms with Crippen molar-refractivity contribution in [1.29, 1.82) is 0 Å². The zero-order valence-corrected chi connectivity index (χ0v) is 14.0. The van der Waals surface area contributed by atoms with Gasteiger partial charge in [0, 0.05) is 24.0 Å². The topological polar surface area (TPSA) is 93.0 Å². The molecule has 0 spiro atoms. The van der Waals surface area contributed by atoms with Crippen LogP contribution in [0.5, 0.6) is 5.75 Å². The number of carboxylic acids is 1. The van der Waals surface area contributed by atoms with E-state index in [1.165, 1.54) is 13.2 Å². The van der Waals surface area contributed by atoms with E-state index in [0.717, 1.165) is 38.9 Å². The molecule has 0 aliphatic heterocycles. The summed E-state index contributed by atoms with van der Waals surface area (Å²) in [6, 6.07) is 7.05. The molecule has 25 heavy (non-hydrogen) atoms. The molecule has 3 heterocycles. The summed E-state index contributed by atoms with van der Waals surface area (Å²) in [6.07, 6.45) is 1.75. The van der Waals surface area contributed by atoms with Gasteiger partial charge in [-0.25, -0.2) is 4.79 Å². The first kappa shape index (κ1) is 15.2. The lowest BCUT2D eigenvalue weighted by atomic mass is 10.1. The maximum absolute atomic E-state index is 11.4. The number of methoxy groups -OCH3 is 1. The molecule has 4 rings (SSSR count). The molecule has 0 saturated carbocycles. The molecule has 0 aliphatic carbocycles. The second-order valence-electron chi connectivity index (χ2n) is 5.94. The average molecular weight is 336 g/mol. The van der Waals surface area contributed by atoms with E-state index < -0.39 is 5.97 Å². The lowest BCUT2D eigenvalue weighted by Gasteiger charge is -2.03. The van der Waals surface area contributed by atoms with Gasteiger partial charge in [0.1, 0.15) is 5.75 Å². The van der Waals surface area contributed by atoms with E-state index in [9.17, 15) is 9.90 Å². The third-order valence-electron chi connectivity index (χ3n) is 4.29. The third-order valence-corrected chi connectivity index (χ3v) is 4.29. The molecular formula is C18H16N4O3. The summed E-state index contributed by atoms with van der Waals surface area (Å²) in [7, 11) is 3.40. The highest BCUT2D eigenvalue weighted by atomic mass is 16.5. The zero-order valence-electron chi connectivity index (χ0n) is 14.0. The monoisotopic (exact) mass is 336 g/mol. The van der Waals surface area contributed by atoms with Gasteiger partial charge < -0.3 is 14.8 Å². The maximum atomic E-state index is 11.4. The molecular weight excluding hydrogens is 320 g/mol. The molecule has 0 bridgehead atoms. The average Bonchev–Trinajstić information content (AvgIpc) is 3.12. The first-order valence-corrected chi connectivity index (χ1v) is 7.71. The highest BCUT2D eigenvalue weighted by molar-refractivity contribution is 6.11. The van der Waals surface area contributed by atoms with Crippen LogP contribution in [0.1, 0.15) is 16.1 Å². The van der Waals surface area contributed by atoms with Crippen LogP contribution in [0.15, 0.2) is 30.5 Å². The van der Waals surface area contributed by atoms with Crippen molar-refractivity contribution in [1.82, 2.24) is 19.7 Å². The van der Waals surface area contributed by atoms with E-state index in [0.29, 0.717) is 5.75 Å². The zero-order chi connectivity index (χ0) is 17.7. The summed E-state index contributed by atoms with van der Waals surface area (Å²) in [5.74, 6) is -0.506. The number of nitrogens with zero attached hydrogens (tertiary/aromatic N) is 3. The van der Waals surface area contributed by atoms with Crippen LogP contribution in [-0.4, -0.2) is 37.9 Å². The van der Waals surface area contributed by atoms with Gasteiger partial charge in [-0.1, -0.05) is 0 Å². The first-order valence-electron chi connectivity index (χ1n) is 7.71. The molecule has 0 radical (unpaired) electrons. The molecule has 2 N–H and O–H groups in total. The molecule has 0 aliphatic rings. The van der Waals surface area contributed by atoms with Crippen molar-refractivity contribution >= 4 is 27.8 Å². The molecule has 0 amide bonds. The van der Waals surface area contributed by atoms with Crippen LogP contribution in [0.25, 0.3) is 33.2 Å². The second kappa shape index (κ2) is 5.34. The Labute approximate surface area is 142 Å². The second-order valence-corrected chi connectivity index (χ2v) is 5.94. The Morgan fingerprint density at radius 1 is 1.24 bits per heavy atom. The number of aryl methyl sites for hydroxylation is 2. The number of nitrogens with one attached hydrogen (secondary N) is 1. The van der Waals surface area contributed by atoms with Gasteiger partial charge in [0.2, 0.25) is 0 Å². The number of H-pyrrole nitrogens is 1. The number of rotatable bonds is 3. The van der Waals surface area contributed by atoms with Gasteiger partial charge in [-0.2, -0.15) is 5.10 Å². The molecule has 1 aromatic carbocycles. The number of pyridine rings is 1. The summed E-state index contributed by atoms with van der Waals surface area (Å²) in [5.41, 5.74) is 4.42. The van der Waals surface area contributed by atoms with E-state index in [1.807, 2.05) is 26.1 Å². The number of carbonyl (C=O) groups is 1. The highest BCUT2D eigenvalue weighted by Crippen LogP contribution is 2.34. The normalized spacial score (nSPS) is 11.3. The van der Waals surface area contributed by atoms with Gasteiger partial charge in [-0.05, 0) is 31.2 Å². The smallest absolute Gasteiger partial charge is 0.335 e. The van der Waals surface area contributed by atoms with Crippen LogP contribution in [-0.2, 0) is 7.05 Å². The van der Waals surface area contributed by atoms with Crippen LogP contribution in [0.3, 0.4) is 0 Å². The molecule has 0 saturated heterocycles. The number of aromatic nitrogens is 4. The SMILES string of the molecule is COc1cc(C(=O)O)cc2c1[nH]c1cc(-c3cc(C)nn3C)ncc12. The number of benzene rings is 1. The fraction of sp³-hybridized carbons (Fsp3) is 0.167. The minimum Gasteiger partial charge on any atom is -0.495 e. The summed E-state index contributed by atoms with van der Waals surface area (Å²) >= 11 is 0. The van der Waals surface area contributed by atoms with Gasteiger partial charge >= 0.3 is 5.97 Å². The molecule has 126 valence electrons. The number of hydrogen-bond acceptors (Lipinski definition) is 4. The number of aromatic amines is 1. The lowest BCUT2D eigenvalue weighted by molar-refractivity contribution is 0.0696. The summed E-state index contributed by atoms with van der Waals surface area (Å²) in [6.45, 7) is 1.93. The molecule has 0 fully saturated rings. The largest absolute Gasteiger partial charge is 0.495 e. The molecule has 7 nitrogen and oxygen atoms in total. The Hall–Kier alpha value is -3.35. The van der Waals surface area contributed by atoms with E-state index in [-0.39, 0.29) is 5.56 Å². The van der Waals surface area contributed by atoms with E-state index in [1.54, 1.807) is 16.9 Å². The number of fused-ring (bicyclic) bond motifs is 3. The molecule has 0 unspecified atom stereocenters. The fourth-order valence-electron chi connectivity index (χ4n) is 3.14. The van der Waals surface area contributed by atoms with Crippen LogP contribution in [0, 0.1) is 6.92 Å². The summed E-state index contributed by atoms with van der Waals surface area (Å²) in [4.78, 5) is 19.2. The Morgan fingerprint density at radius 2 is 2.04 bits per heavy atom. The van der Waals surface area contributed by atoms with Gasteiger partial charge in [0.05, 0.1) is 40.8 Å². The van der Waals surface area contributed by atoms with Crippen LogP contribution < -0.4 is 4.74 Å². The number of carboxylic acid groups (broad SMARTS) is 1. The van der Waals surface area contributed by atoms with Gasteiger partial charge in [0.25, 0.3) is 0 Å². The van der Waals surface area contributed by atoms with Crippen molar-refractivity contribution in [2.45, 2.75) is 6.92 Å². The number of aromatic carboxylic acids is 1. The van der Waals surface area contributed by atoms with Gasteiger partial charge in [-0.15, -0.1) is 0 Å². The van der Waals surface area contributed by atoms with Crippen molar-refractivity contribution in [3.05, 3.63) is 41.7 Å². The fourth-order valence-corrected chi connectivity index (χ4v) is 3.14. The van der Waals surface area contributed by atoms with Crippen molar-refractivity contribution in [3.8, 4) is 17.1 Å². The molecule has 7 heteroatoms. The van der Waals surface area contributed by atoms with E-state index in [4.69, 9.17) is 4.74 Å². The number of ether oxygens (including phenoxy) is 1. The molecule has 4 aromatic rings. The number of hydrogen-bond donors (Lipinski definition) is 2. The minimum atomic E-state index is -0.996. The Balaban J connectivity index is 1.99. The summed E-state index contributed by atoms with van der Waals surface area (Å²) in [5, 5.41) is 15.3. The first-order chi connectivity index (χ1) is 12.0. The lowest BCUT2D eigenvalue weighted by Crippen LogP contribution is -1.97. The molecule has 0 atom stereocenters. The predicted octanol–water partition coefficient (Wildman–Crippen LogP) is 3.13. The Morgan fingerprint density at radius 3 is 2.68 bits per heavy atom. The van der Waals surface area contributed by atoms with Crippen LogP contribution in [0.2, 0.25) is 0 Å². The molecule has 3 aromatic heterocycles. The van der Waals surface area contributed by atoms with Crippen LogP contribution >= 0.6 is 0 Å². The third kappa shape index (κ3) is 2.32. The van der Waals surface area contributed by atoms with Gasteiger partial charge in [-0.3, -0.25) is 9.67 Å². The Kier molecular flexibility index (Phi) is 3.24. The minimum absolute atomic E-state index is 0.177. The maximum Gasteiger partial charge on any atom is 0.335 e. The van der Waals surface area contributed by atoms with Crippen molar-refractivity contribution in [3.63, 3.8) is 0 Å². The Bertz CT molecular complexity index is 1140. The highest BCUT2D eigenvalue weighted by Gasteiger charge is 2.16. The van der Waals surface area contributed by atoms with Crippen molar-refractivity contribution < 1.29 is 14.6 Å². The van der Waals surface area contributed by atoms with E-state index >= 15 is 0 Å². The summed E-state index contributed by atoms with van der Waals surface area (Å²) < 4.78 is 7.14. The quantitative estimate of drug-likeness (QED) is 0.599.